The van der Waals surface area contributed by atoms with Crippen molar-refractivity contribution in [1.82, 2.24) is 14.5 Å². The first kappa shape index (κ1) is 32.0. The summed E-state index contributed by atoms with van der Waals surface area (Å²) in [6.07, 6.45) is 0. The van der Waals surface area contributed by atoms with Crippen molar-refractivity contribution in [3.63, 3.8) is 0 Å². The predicted octanol–water partition coefficient (Wildman–Crippen LogP) is 14.5. The number of rotatable bonds is 5. The fourth-order valence-corrected chi connectivity index (χ4v) is 9.89. The van der Waals surface area contributed by atoms with Gasteiger partial charge in [-0.2, -0.15) is 0 Å². The molecule has 0 fully saturated rings. The third kappa shape index (κ3) is 5.06. The Bertz CT molecular complexity index is 3510. The fourth-order valence-electron chi connectivity index (χ4n) is 8.54. The second kappa shape index (κ2) is 12.6. The molecule has 8 aromatic carbocycles. The number of hydrogen-bond donors (Lipinski definition) is 0. The van der Waals surface area contributed by atoms with Crippen LogP contribution in [0.3, 0.4) is 0 Å². The summed E-state index contributed by atoms with van der Waals surface area (Å²) in [5, 5.41) is 7.12. The highest BCUT2D eigenvalue weighted by atomic mass is 32.1. The first-order chi connectivity index (χ1) is 28.2. The highest BCUT2D eigenvalue weighted by Gasteiger charge is 2.21. The molecule has 12 aromatic rings. The van der Waals surface area contributed by atoms with E-state index in [-0.39, 0.29) is 0 Å². The zero-order valence-electron chi connectivity index (χ0n) is 30.6. The van der Waals surface area contributed by atoms with Crippen molar-refractivity contribution in [3.05, 3.63) is 188 Å². The Labute approximate surface area is 331 Å². The summed E-state index contributed by atoms with van der Waals surface area (Å²) in [5.74, 6) is 0.691. The minimum Gasteiger partial charge on any atom is -0.456 e. The SMILES string of the molecule is c1ccc(-c2ccc(-c3cc(-c4ccc5c(c4)oc4ccccc45)nc(-c4cccc5c4sc4c5ccc5c6ccccc6n(-c6ccccc6)c54)n3)cc2)cc1. The summed E-state index contributed by atoms with van der Waals surface area (Å²) in [5.41, 5.74) is 12.4. The second-order valence-corrected chi connectivity index (χ2v) is 15.5. The van der Waals surface area contributed by atoms with Crippen LogP contribution in [-0.4, -0.2) is 14.5 Å². The van der Waals surface area contributed by atoms with Crippen LogP contribution in [0.2, 0.25) is 0 Å². The molecule has 0 bridgehead atoms. The lowest BCUT2D eigenvalue weighted by atomic mass is 10.0. The van der Waals surface area contributed by atoms with Crippen LogP contribution in [0.5, 0.6) is 0 Å². The number of nitrogens with zero attached hydrogens (tertiary/aromatic N) is 3. The predicted molar refractivity (Wildman–Crippen MR) is 238 cm³/mol. The normalized spacial score (nSPS) is 11.9. The molecule has 57 heavy (non-hydrogen) atoms. The maximum Gasteiger partial charge on any atom is 0.161 e. The molecule has 0 N–H and O–H groups in total. The summed E-state index contributed by atoms with van der Waals surface area (Å²) in [6, 6.07) is 66.4. The van der Waals surface area contributed by atoms with E-state index in [0.29, 0.717) is 5.82 Å². The van der Waals surface area contributed by atoms with Gasteiger partial charge in [0.2, 0.25) is 0 Å². The highest BCUT2D eigenvalue weighted by molar-refractivity contribution is 7.27. The molecule has 4 nitrogen and oxygen atoms in total. The van der Waals surface area contributed by atoms with Gasteiger partial charge in [0, 0.05) is 59.4 Å². The van der Waals surface area contributed by atoms with Crippen LogP contribution in [0.1, 0.15) is 0 Å². The maximum absolute atomic E-state index is 6.35. The van der Waals surface area contributed by atoms with Crippen molar-refractivity contribution < 1.29 is 4.42 Å². The Morgan fingerprint density at radius 2 is 1.00 bits per heavy atom. The van der Waals surface area contributed by atoms with Gasteiger partial charge in [-0.15, -0.1) is 11.3 Å². The van der Waals surface area contributed by atoms with Crippen molar-refractivity contribution in [1.29, 1.82) is 0 Å². The molecule has 0 saturated carbocycles. The minimum absolute atomic E-state index is 0.691. The Hall–Kier alpha value is -7.34. The van der Waals surface area contributed by atoms with Crippen LogP contribution in [0.25, 0.3) is 115 Å². The number of furan rings is 1. The van der Waals surface area contributed by atoms with Crippen molar-refractivity contribution in [2.45, 2.75) is 0 Å². The Morgan fingerprint density at radius 3 is 1.84 bits per heavy atom. The Morgan fingerprint density at radius 1 is 0.404 bits per heavy atom. The molecule has 0 atom stereocenters. The number of hydrogen-bond acceptors (Lipinski definition) is 4. The van der Waals surface area contributed by atoms with Gasteiger partial charge >= 0.3 is 0 Å². The topological polar surface area (TPSA) is 43.9 Å². The summed E-state index contributed by atoms with van der Waals surface area (Å²) in [4.78, 5) is 10.7. The van der Waals surface area contributed by atoms with Gasteiger partial charge < -0.3 is 8.98 Å². The summed E-state index contributed by atoms with van der Waals surface area (Å²) >= 11 is 1.83. The van der Waals surface area contributed by atoms with Gasteiger partial charge in [-0.25, -0.2) is 9.97 Å². The molecule has 266 valence electrons. The number of benzene rings is 8. The zero-order valence-corrected chi connectivity index (χ0v) is 31.4. The summed E-state index contributed by atoms with van der Waals surface area (Å²) in [7, 11) is 0. The van der Waals surface area contributed by atoms with Gasteiger partial charge in [-0.05, 0) is 59.7 Å². The minimum atomic E-state index is 0.691. The van der Waals surface area contributed by atoms with Gasteiger partial charge in [-0.3, -0.25) is 0 Å². The van der Waals surface area contributed by atoms with E-state index in [1.54, 1.807) is 0 Å². The first-order valence-electron chi connectivity index (χ1n) is 19.1. The third-order valence-electron chi connectivity index (χ3n) is 11.2. The van der Waals surface area contributed by atoms with Crippen LogP contribution in [0.4, 0.5) is 0 Å². The second-order valence-electron chi connectivity index (χ2n) is 14.5. The number of thiophene rings is 1. The van der Waals surface area contributed by atoms with Gasteiger partial charge in [0.1, 0.15) is 11.2 Å². The quantitative estimate of drug-likeness (QED) is 0.176. The van der Waals surface area contributed by atoms with Gasteiger partial charge in [-0.1, -0.05) is 140 Å². The largest absolute Gasteiger partial charge is 0.456 e. The molecule has 0 spiro atoms. The molecule has 4 heterocycles. The molecule has 0 saturated heterocycles. The molecule has 0 radical (unpaired) electrons. The van der Waals surface area contributed by atoms with Gasteiger partial charge in [0.05, 0.1) is 27.1 Å². The van der Waals surface area contributed by atoms with Gasteiger partial charge in [0.15, 0.2) is 5.82 Å². The monoisotopic (exact) mass is 745 g/mol. The number of fused-ring (bicyclic) bond motifs is 10. The van der Waals surface area contributed by atoms with E-state index >= 15 is 0 Å². The standard InChI is InChI=1S/C52H31N3OS/c1-3-12-32(13-4-1)33-22-24-34(25-23-33)44-31-45(35-26-27-39-38-17-8-10-21-47(38)56-48(39)30-35)54-52(53-44)43-19-11-18-41-42-29-28-40-37-16-7-9-20-46(37)55(36-14-5-2-6-15-36)49(40)51(42)57-50(41)43/h1-31H. The lowest BCUT2D eigenvalue weighted by Gasteiger charge is -2.11. The van der Waals surface area contributed by atoms with Crippen LogP contribution in [0.15, 0.2) is 192 Å². The van der Waals surface area contributed by atoms with E-state index in [9.17, 15) is 0 Å². The number of para-hydroxylation sites is 3. The molecule has 0 aliphatic rings. The average molecular weight is 746 g/mol. The van der Waals surface area contributed by atoms with E-state index in [1.165, 1.54) is 53.1 Å². The van der Waals surface area contributed by atoms with E-state index in [0.717, 1.165) is 55.7 Å². The molecule has 0 unspecified atom stereocenters. The molecule has 4 aromatic heterocycles. The molecular formula is C52H31N3OS. The van der Waals surface area contributed by atoms with E-state index in [2.05, 4.69) is 174 Å². The lowest BCUT2D eigenvalue weighted by Crippen LogP contribution is -1.96. The maximum atomic E-state index is 6.35. The van der Waals surface area contributed by atoms with Crippen molar-refractivity contribution in [2.24, 2.45) is 0 Å². The van der Waals surface area contributed by atoms with Crippen LogP contribution in [-0.2, 0) is 0 Å². The molecule has 5 heteroatoms. The highest BCUT2D eigenvalue weighted by Crippen LogP contribution is 2.46. The fraction of sp³-hybridized carbons (Fsp3) is 0. The van der Waals surface area contributed by atoms with Crippen LogP contribution >= 0.6 is 11.3 Å². The van der Waals surface area contributed by atoms with Crippen LogP contribution < -0.4 is 0 Å². The number of aromatic nitrogens is 3. The van der Waals surface area contributed by atoms with Crippen molar-refractivity contribution in [2.75, 3.05) is 0 Å². The molecule has 12 rings (SSSR count). The third-order valence-corrected chi connectivity index (χ3v) is 12.5. The Balaban J connectivity index is 1.09. The van der Waals surface area contributed by atoms with E-state index in [4.69, 9.17) is 14.4 Å². The lowest BCUT2D eigenvalue weighted by molar-refractivity contribution is 0.669. The first-order valence-corrected chi connectivity index (χ1v) is 20.0. The molecule has 0 aliphatic carbocycles. The van der Waals surface area contributed by atoms with Crippen molar-refractivity contribution >= 4 is 75.3 Å². The summed E-state index contributed by atoms with van der Waals surface area (Å²) in [6.45, 7) is 0. The zero-order chi connectivity index (χ0) is 37.5. The summed E-state index contributed by atoms with van der Waals surface area (Å²) < 4.78 is 11.2. The van der Waals surface area contributed by atoms with E-state index < -0.39 is 0 Å². The molecule has 0 aliphatic heterocycles. The van der Waals surface area contributed by atoms with Crippen molar-refractivity contribution in [3.8, 4) is 50.7 Å². The van der Waals surface area contributed by atoms with Gasteiger partial charge in [0.25, 0.3) is 0 Å². The van der Waals surface area contributed by atoms with E-state index in [1.807, 2.05) is 29.5 Å². The Kier molecular flexibility index (Phi) is 7.06. The molecular weight excluding hydrogens is 715 g/mol. The van der Waals surface area contributed by atoms with Crippen LogP contribution in [0, 0.1) is 0 Å². The average Bonchev–Trinajstić information content (AvgIpc) is 3.96. The molecule has 0 amide bonds. The smallest absolute Gasteiger partial charge is 0.161 e.